The molecule has 2 heterocycles. The first kappa shape index (κ1) is 17.1. The number of rotatable bonds is 6. The van der Waals surface area contributed by atoms with Crippen LogP contribution in [0, 0.1) is 5.92 Å². The monoisotopic (exact) mass is 321 g/mol. The number of amides is 1. The van der Waals surface area contributed by atoms with E-state index in [9.17, 15) is 4.79 Å². The molecule has 0 saturated carbocycles. The van der Waals surface area contributed by atoms with Gasteiger partial charge in [-0.25, -0.2) is 4.98 Å². The molecular weight excluding hydrogens is 294 g/mol. The SMILES string of the molecule is CSCc1ccc(N2CCCC(CCC(=O)N(C)C)C2)nc1. The van der Waals surface area contributed by atoms with Gasteiger partial charge in [0, 0.05) is 45.6 Å². The average molecular weight is 321 g/mol. The van der Waals surface area contributed by atoms with E-state index in [1.807, 2.05) is 32.1 Å². The minimum absolute atomic E-state index is 0.233. The highest BCUT2D eigenvalue weighted by atomic mass is 32.2. The maximum absolute atomic E-state index is 11.7. The second-order valence-corrected chi connectivity index (χ2v) is 7.10. The predicted octanol–water partition coefficient (Wildman–Crippen LogP) is 3.03. The van der Waals surface area contributed by atoms with E-state index in [0.717, 1.165) is 31.1 Å². The topological polar surface area (TPSA) is 36.4 Å². The van der Waals surface area contributed by atoms with Crippen LogP contribution >= 0.6 is 11.8 Å². The van der Waals surface area contributed by atoms with Gasteiger partial charge in [0.15, 0.2) is 0 Å². The molecule has 0 aromatic carbocycles. The van der Waals surface area contributed by atoms with Gasteiger partial charge in [-0.3, -0.25) is 4.79 Å². The second-order valence-electron chi connectivity index (χ2n) is 6.24. The number of pyridine rings is 1. The van der Waals surface area contributed by atoms with Crippen LogP contribution in [0.25, 0.3) is 0 Å². The highest BCUT2D eigenvalue weighted by molar-refractivity contribution is 7.97. The highest BCUT2D eigenvalue weighted by Gasteiger charge is 2.21. The largest absolute Gasteiger partial charge is 0.356 e. The molecule has 1 aliphatic rings. The third-order valence-electron chi connectivity index (χ3n) is 4.23. The van der Waals surface area contributed by atoms with Gasteiger partial charge in [0.1, 0.15) is 5.82 Å². The van der Waals surface area contributed by atoms with Gasteiger partial charge in [-0.1, -0.05) is 6.07 Å². The minimum Gasteiger partial charge on any atom is -0.356 e. The standard InChI is InChI=1S/C17H27N3OS/c1-19(2)17(21)9-7-14-5-4-10-20(12-14)16-8-6-15(11-18-16)13-22-3/h6,8,11,14H,4-5,7,9-10,12-13H2,1-3H3. The molecule has 122 valence electrons. The Morgan fingerprint density at radius 2 is 2.27 bits per heavy atom. The summed E-state index contributed by atoms with van der Waals surface area (Å²) in [5.74, 6) is 2.93. The van der Waals surface area contributed by atoms with Crippen molar-refractivity contribution in [3.05, 3.63) is 23.9 Å². The summed E-state index contributed by atoms with van der Waals surface area (Å²) in [5, 5.41) is 0. The van der Waals surface area contributed by atoms with Crippen molar-refractivity contribution in [2.24, 2.45) is 5.92 Å². The van der Waals surface area contributed by atoms with Gasteiger partial charge in [0.25, 0.3) is 0 Å². The van der Waals surface area contributed by atoms with Crippen molar-refractivity contribution < 1.29 is 4.79 Å². The number of hydrogen-bond donors (Lipinski definition) is 0. The molecule has 4 nitrogen and oxygen atoms in total. The lowest BCUT2D eigenvalue weighted by molar-refractivity contribution is -0.129. The van der Waals surface area contributed by atoms with Gasteiger partial charge in [-0.05, 0) is 43.1 Å². The van der Waals surface area contributed by atoms with Crippen molar-refractivity contribution >= 4 is 23.5 Å². The summed E-state index contributed by atoms with van der Waals surface area (Å²) in [6, 6.07) is 4.32. The zero-order valence-corrected chi connectivity index (χ0v) is 14.7. The van der Waals surface area contributed by atoms with E-state index in [1.54, 1.807) is 4.90 Å². The van der Waals surface area contributed by atoms with Crippen molar-refractivity contribution in [3.8, 4) is 0 Å². The van der Waals surface area contributed by atoms with Gasteiger partial charge < -0.3 is 9.80 Å². The summed E-state index contributed by atoms with van der Waals surface area (Å²) in [4.78, 5) is 20.4. The van der Waals surface area contributed by atoms with Crippen LogP contribution in [0.5, 0.6) is 0 Å². The fourth-order valence-electron chi connectivity index (χ4n) is 2.92. The van der Waals surface area contributed by atoms with Crippen LogP contribution in [-0.4, -0.2) is 49.2 Å². The van der Waals surface area contributed by atoms with E-state index in [0.29, 0.717) is 12.3 Å². The van der Waals surface area contributed by atoms with Gasteiger partial charge in [0.2, 0.25) is 5.91 Å². The van der Waals surface area contributed by atoms with E-state index < -0.39 is 0 Å². The first-order chi connectivity index (χ1) is 10.6. The number of thioether (sulfide) groups is 1. The Bertz CT molecular complexity index is 475. The molecule has 0 aliphatic carbocycles. The smallest absolute Gasteiger partial charge is 0.222 e. The fourth-order valence-corrected chi connectivity index (χ4v) is 3.42. The first-order valence-corrected chi connectivity index (χ1v) is 9.38. The molecule has 1 aromatic rings. The Hall–Kier alpha value is -1.23. The third kappa shape index (κ3) is 4.90. The molecule has 1 fully saturated rings. The van der Waals surface area contributed by atoms with E-state index in [1.165, 1.54) is 18.4 Å². The molecule has 1 atom stereocenters. The second kappa shape index (κ2) is 8.42. The molecular formula is C17H27N3OS. The summed E-state index contributed by atoms with van der Waals surface area (Å²) in [6.07, 6.45) is 8.16. The average Bonchev–Trinajstić information content (AvgIpc) is 2.54. The Morgan fingerprint density at radius 3 is 2.91 bits per heavy atom. The zero-order chi connectivity index (χ0) is 15.9. The minimum atomic E-state index is 0.233. The molecule has 0 N–H and O–H groups in total. The number of hydrogen-bond acceptors (Lipinski definition) is 4. The van der Waals surface area contributed by atoms with Crippen molar-refractivity contribution in [2.75, 3.05) is 38.3 Å². The van der Waals surface area contributed by atoms with Crippen LogP contribution in [0.4, 0.5) is 5.82 Å². The van der Waals surface area contributed by atoms with Crippen molar-refractivity contribution in [1.29, 1.82) is 0 Å². The third-order valence-corrected chi connectivity index (χ3v) is 4.85. The molecule has 1 aromatic heterocycles. The predicted molar refractivity (Wildman–Crippen MR) is 94.3 cm³/mol. The molecule has 1 unspecified atom stereocenters. The summed E-state index contributed by atoms with van der Waals surface area (Å²) in [7, 11) is 3.66. The number of anilines is 1. The normalized spacial score (nSPS) is 18.3. The Labute approximate surface area is 138 Å². The molecule has 2 rings (SSSR count). The first-order valence-electron chi connectivity index (χ1n) is 7.99. The van der Waals surface area contributed by atoms with Crippen molar-refractivity contribution in [2.45, 2.75) is 31.4 Å². The molecule has 5 heteroatoms. The van der Waals surface area contributed by atoms with E-state index >= 15 is 0 Å². The van der Waals surface area contributed by atoms with Crippen LogP contribution in [0.15, 0.2) is 18.3 Å². The van der Waals surface area contributed by atoms with E-state index in [4.69, 9.17) is 0 Å². The summed E-state index contributed by atoms with van der Waals surface area (Å²) < 4.78 is 0. The Balaban J connectivity index is 1.88. The quantitative estimate of drug-likeness (QED) is 0.807. The van der Waals surface area contributed by atoms with Crippen LogP contribution in [0.2, 0.25) is 0 Å². The zero-order valence-electron chi connectivity index (χ0n) is 13.9. The maximum atomic E-state index is 11.7. The summed E-state index contributed by atoms with van der Waals surface area (Å²) in [5.41, 5.74) is 1.28. The van der Waals surface area contributed by atoms with Gasteiger partial charge >= 0.3 is 0 Å². The molecule has 0 bridgehead atoms. The molecule has 1 amide bonds. The Kier molecular flexibility index (Phi) is 6.55. The number of nitrogens with zero attached hydrogens (tertiary/aromatic N) is 3. The summed E-state index contributed by atoms with van der Waals surface area (Å²) >= 11 is 1.82. The number of carbonyl (C=O) groups is 1. The molecule has 0 spiro atoms. The highest BCUT2D eigenvalue weighted by Crippen LogP contribution is 2.25. The van der Waals surface area contributed by atoms with E-state index in [2.05, 4.69) is 28.3 Å². The number of aromatic nitrogens is 1. The lowest BCUT2D eigenvalue weighted by atomic mass is 9.93. The van der Waals surface area contributed by atoms with Crippen molar-refractivity contribution in [1.82, 2.24) is 9.88 Å². The maximum Gasteiger partial charge on any atom is 0.222 e. The molecule has 1 aliphatic heterocycles. The van der Waals surface area contributed by atoms with Gasteiger partial charge in [-0.15, -0.1) is 0 Å². The number of carbonyl (C=O) groups excluding carboxylic acids is 1. The van der Waals surface area contributed by atoms with Crippen molar-refractivity contribution in [3.63, 3.8) is 0 Å². The van der Waals surface area contributed by atoms with Gasteiger partial charge in [0.05, 0.1) is 0 Å². The van der Waals surface area contributed by atoms with Crippen LogP contribution < -0.4 is 4.90 Å². The van der Waals surface area contributed by atoms with E-state index in [-0.39, 0.29) is 5.91 Å². The van der Waals surface area contributed by atoms with Crippen LogP contribution in [0.1, 0.15) is 31.2 Å². The fraction of sp³-hybridized carbons (Fsp3) is 0.647. The molecule has 22 heavy (non-hydrogen) atoms. The van der Waals surface area contributed by atoms with Crippen LogP contribution in [-0.2, 0) is 10.5 Å². The Morgan fingerprint density at radius 1 is 1.45 bits per heavy atom. The number of piperidine rings is 1. The van der Waals surface area contributed by atoms with Crippen LogP contribution in [0.3, 0.4) is 0 Å². The molecule has 1 saturated heterocycles. The molecule has 0 radical (unpaired) electrons. The lowest BCUT2D eigenvalue weighted by Gasteiger charge is -2.33. The lowest BCUT2D eigenvalue weighted by Crippen LogP contribution is -2.36. The van der Waals surface area contributed by atoms with Gasteiger partial charge in [-0.2, -0.15) is 11.8 Å². The summed E-state index contributed by atoms with van der Waals surface area (Å²) in [6.45, 7) is 2.10.